The SMILES string of the molecule is CC(C)n1nccc1NC(=O)NC(CO)c1ccccc1. The summed E-state index contributed by atoms with van der Waals surface area (Å²) in [6, 6.07) is 10.4. The molecule has 3 N–H and O–H groups in total. The van der Waals surface area contributed by atoms with Gasteiger partial charge in [0.1, 0.15) is 5.82 Å². The van der Waals surface area contributed by atoms with Gasteiger partial charge in [0.15, 0.2) is 0 Å². The summed E-state index contributed by atoms with van der Waals surface area (Å²) in [7, 11) is 0. The zero-order chi connectivity index (χ0) is 15.2. The van der Waals surface area contributed by atoms with Gasteiger partial charge in [-0.15, -0.1) is 0 Å². The molecule has 0 aliphatic rings. The van der Waals surface area contributed by atoms with Crippen LogP contribution in [0.2, 0.25) is 0 Å². The molecule has 2 rings (SSSR count). The fourth-order valence-corrected chi connectivity index (χ4v) is 2.06. The number of hydrogen-bond acceptors (Lipinski definition) is 3. The number of carbonyl (C=O) groups excluding carboxylic acids is 1. The van der Waals surface area contributed by atoms with Gasteiger partial charge in [0.25, 0.3) is 0 Å². The largest absolute Gasteiger partial charge is 0.394 e. The summed E-state index contributed by atoms with van der Waals surface area (Å²) in [6.45, 7) is 3.80. The number of amides is 2. The summed E-state index contributed by atoms with van der Waals surface area (Å²) >= 11 is 0. The van der Waals surface area contributed by atoms with E-state index in [2.05, 4.69) is 15.7 Å². The van der Waals surface area contributed by atoms with Crippen molar-refractivity contribution in [2.75, 3.05) is 11.9 Å². The monoisotopic (exact) mass is 288 g/mol. The number of aromatic nitrogens is 2. The quantitative estimate of drug-likeness (QED) is 0.790. The van der Waals surface area contributed by atoms with Crippen molar-refractivity contribution >= 4 is 11.8 Å². The number of nitrogens with one attached hydrogen (secondary N) is 2. The lowest BCUT2D eigenvalue weighted by Gasteiger charge is -2.18. The van der Waals surface area contributed by atoms with Crippen molar-refractivity contribution in [1.82, 2.24) is 15.1 Å². The van der Waals surface area contributed by atoms with Gasteiger partial charge >= 0.3 is 6.03 Å². The molecule has 0 aliphatic heterocycles. The number of hydrogen-bond donors (Lipinski definition) is 3. The van der Waals surface area contributed by atoms with E-state index in [-0.39, 0.29) is 18.7 Å². The summed E-state index contributed by atoms with van der Waals surface area (Å²) in [5, 5.41) is 19.1. The van der Waals surface area contributed by atoms with Gasteiger partial charge in [-0.2, -0.15) is 5.10 Å². The van der Waals surface area contributed by atoms with Crippen molar-refractivity contribution in [2.45, 2.75) is 25.9 Å². The smallest absolute Gasteiger partial charge is 0.320 e. The van der Waals surface area contributed by atoms with E-state index in [1.807, 2.05) is 44.2 Å². The van der Waals surface area contributed by atoms with Crippen molar-refractivity contribution in [3.8, 4) is 0 Å². The minimum Gasteiger partial charge on any atom is -0.394 e. The maximum atomic E-state index is 12.1. The number of anilines is 1. The van der Waals surface area contributed by atoms with Crippen LogP contribution in [-0.4, -0.2) is 27.5 Å². The van der Waals surface area contributed by atoms with E-state index in [4.69, 9.17) is 0 Å². The van der Waals surface area contributed by atoms with E-state index in [1.54, 1.807) is 16.9 Å². The fourth-order valence-electron chi connectivity index (χ4n) is 2.06. The van der Waals surface area contributed by atoms with Crippen LogP contribution in [0, 0.1) is 0 Å². The van der Waals surface area contributed by atoms with Crippen LogP contribution in [0.25, 0.3) is 0 Å². The minimum atomic E-state index is -0.443. The summed E-state index contributed by atoms with van der Waals surface area (Å²) in [6.07, 6.45) is 1.64. The van der Waals surface area contributed by atoms with Gasteiger partial charge in [0, 0.05) is 12.1 Å². The van der Waals surface area contributed by atoms with E-state index >= 15 is 0 Å². The molecule has 112 valence electrons. The lowest BCUT2D eigenvalue weighted by molar-refractivity contribution is 0.225. The second-order valence-corrected chi connectivity index (χ2v) is 5.00. The normalized spacial score (nSPS) is 12.2. The maximum Gasteiger partial charge on any atom is 0.320 e. The first-order valence-corrected chi connectivity index (χ1v) is 6.88. The Labute approximate surface area is 123 Å². The predicted octanol–water partition coefficient (Wildman–Crippen LogP) is 2.32. The summed E-state index contributed by atoms with van der Waals surface area (Å²) < 4.78 is 1.72. The molecule has 2 amide bonds. The van der Waals surface area contributed by atoms with E-state index in [0.717, 1.165) is 5.56 Å². The van der Waals surface area contributed by atoms with Crippen molar-refractivity contribution in [2.24, 2.45) is 0 Å². The Hall–Kier alpha value is -2.34. The van der Waals surface area contributed by atoms with Crippen molar-refractivity contribution in [3.63, 3.8) is 0 Å². The zero-order valence-corrected chi connectivity index (χ0v) is 12.2. The van der Waals surface area contributed by atoms with Gasteiger partial charge in [0.2, 0.25) is 0 Å². The molecule has 1 unspecified atom stereocenters. The highest BCUT2D eigenvalue weighted by atomic mass is 16.3. The van der Waals surface area contributed by atoms with Crippen LogP contribution >= 0.6 is 0 Å². The number of benzene rings is 1. The molecule has 1 heterocycles. The predicted molar refractivity (Wildman–Crippen MR) is 81.0 cm³/mol. The third-order valence-corrected chi connectivity index (χ3v) is 3.09. The van der Waals surface area contributed by atoms with Crippen molar-refractivity contribution in [1.29, 1.82) is 0 Å². The summed E-state index contributed by atoms with van der Waals surface area (Å²) in [4.78, 5) is 12.1. The molecular formula is C15H20N4O2. The molecule has 1 atom stereocenters. The Kier molecular flexibility index (Phi) is 4.94. The zero-order valence-electron chi connectivity index (χ0n) is 12.2. The molecule has 0 fully saturated rings. The summed E-state index contributed by atoms with van der Waals surface area (Å²) in [5.41, 5.74) is 0.854. The van der Waals surface area contributed by atoms with E-state index in [0.29, 0.717) is 5.82 Å². The van der Waals surface area contributed by atoms with Crippen molar-refractivity contribution < 1.29 is 9.90 Å². The molecular weight excluding hydrogens is 268 g/mol. The molecule has 0 bridgehead atoms. The number of rotatable bonds is 5. The second kappa shape index (κ2) is 6.90. The minimum absolute atomic E-state index is 0.151. The van der Waals surface area contributed by atoms with Crippen LogP contribution in [0.15, 0.2) is 42.6 Å². The Morgan fingerprint density at radius 1 is 1.29 bits per heavy atom. The first kappa shape index (κ1) is 15.1. The van der Waals surface area contributed by atoms with Crippen LogP contribution in [0.3, 0.4) is 0 Å². The van der Waals surface area contributed by atoms with Crippen molar-refractivity contribution in [3.05, 3.63) is 48.2 Å². The number of aliphatic hydroxyl groups excluding tert-OH is 1. The second-order valence-electron chi connectivity index (χ2n) is 5.00. The molecule has 21 heavy (non-hydrogen) atoms. The maximum absolute atomic E-state index is 12.1. The standard InChI is InChI=1S/C15H20N4O2/c1-11(2)19-14(8-9-16-19)18-15(21)17-13(10-20)12-6-4-3-5-7-12/h3-9,11,13,20H,10H2,1-2H3,(H2,17,18,21). The molecule has 0 spiro atoms. The summed E-state index contributed by atoms with van der Waals surface area (Å²) in [5.74, 6) is 0.618. The Bertz CT molecular complexity index is 580. The van der Waals surface area contributed by atoms with Gasteiger partial charge in [-0.3, -0.25) is 5.32 Å². The highest BCUT2D eigenvalue weighted by molar-refractivity contribution is 5.88. The van der Waals surface area contributed by atoms with Crippen LogP contribution < -0.4 is 10.6 Å². The van der Waals surface area contributed by atoms with Crippen LogP contribution in [0.1, 0.15) is 31.5 Å². The highest BCUT2D eigenvalue weighted by Gasteiger charge is 2.15. The number of urea groups is 1. The Morgan fingerprint density at radius 3 is 2.62 bits per heavy atom. The third-order valence-electron chi connectivity index (χ3n) is 3.09. The van der Waals surface area contributed by atoms with E-state index in [9.17, 15) is 9.90 Å². The fraction of sp³-hybridized carbons (Fsp3) is 0.333. The number of aliphatic hydroxyl groups is 1. The molecule has 0 saturated carbocycles. The van der Waals surface area contributed by atoms with Gasteiger partial charge in [-0.25, -0.2) is 9.48 Å². The van der Waals surface area contributed by atoms with Crippen LogP contribution in [0.5, 0.6) is 0 Å². The topological polar surface area (TPSA) is 79.2 Å². The van der Waals surface area contributed by atoms with Crippen LogP contribution in [0.4, 0.5) is 10.6 Å². The van der Waals surface area contributed by atoms with Gasteiger partial charge in [-0.05, 0) is 19.4 Å². The third kappa shape index (κ3) is 3.82. The average molecular weight is 288 g/mol. The Morgan fingerprint density at radius 2 is 2.00 bits per heavy atom. The molecule has 0 saturated heterocycles. The van der Waals surface area contributed by atoms with E-state index < -0.39 is 6.04 Å². The van der Waals surface area contributed by atoms with Gasteiger partial charge in [0.05, 0.1) is 18.8 Å². The molecule has 0 radical (unpaired) electrons. The van der Waals surface area contributed by atoms with Crippen LogP contribution in [-0.2, 0) is 0 Å². The molecule has 1 aromatic heterocycles. The number of carbonyl (C=O) groups is 1. The highest BCUT2D eigenvalue weighted by Crippen LogP contribution is 2.14. The number of nitrogens with zero attached hydrogens (tertiary/aromatic N) is 2. The lowest BCUT2D eigenvalue weighted by Crippen LogP contribution is -2.35. The average Bonchev–Trinajstić information content (AvgIpc) is 2.94. The molecule has 6 heteroatoms. The van der Waals surface area contributed by atoms with Gasteiger partial charge in [-0.1, -0.05) is 30.3 Å². The Balaban J connectivity index is 2.02. The first-order valence-electron chi connectivity index (χ1n) is 6.88. The van der Waals surface area contributed by atoms with E-state index in [1.165, 1.54) is 0 Å². The van der Waals surface area contributed by atoms with Gasteiger partial charge < -0.3 is 10.4 Å². The lowest BCUT2D eigenvalue weighted by atomic mass is 10.1. The molecule has 0 aliphatic carbocycles. The molecule has 6 nitrogen and oxygen atoms in total. The first-order chi connectivity index (χ1) is 10.1. The molecule has 1 aromatic carbocycles. The molecule has 2 aromatic rings.